The highest BCUT2D eigenvalue weighted by Gasteiger charge is 2.22. The van der Waals surface area contributed by atoms with Crippen molar-refractivity contribution in [3.8, 4) is 6.07 Å². The summed E-state index contributed by atoms with van der Waals surface area (Å²) in [7, 11) is -3.88. The fourth-order valence-electron chi connectivity index (χ4n) is 1.09. The monoisotopic (exact) mass is 303 g/mol. The Morgan fingerprint density at radius 3 is 2.62 bits per heavy atom. The summed E-state index contributed by atoms with van der Waals surface area (Å²) in [5.41, 5.74) is -0.335. The van der Waals surface area contributed by atoms with Gasteiger partial charge in [0.15, 0.2) is 9.84 Å². The van der Waals surface area contributed by atoms with E-state index in [1.54, 1.807) is 0 Å². The molecule has 0 saturated carbocycles. The molecule has 16 heavy (non-hydrogen) atoms. The van der Waals surface area contributed by atoms with Gasteiger partial charge < -0.3 is 5.11 Å². The predicted octanol–water partition coefficient (Wildman–Crippen LogP) is 1.44. The van der Waals surface area contributed by atoms with E-state index >= 15 is 0 Å². The molecule has 84 valence electrons. The Bertz CT molecular complexity index is 574. The minimum absolute atomic E-state index is 0.335. The van der Waals surface area contributed by atoms with Crippen LogP contribution in [-0.4, -0.2) is 25.2 Å². The van der Waals surface area contributed by atoms with Crippen LogP contribution in [0.25, 0.3) is 0 Å². The van der Waals surface area contributed by atoms with Crippen LogP contribution in [0.15, 0.2) is 27.6 Å². The van der Waals surface area contributed by atoms with Crippen LogP contribution in [0.4, 0.5) is 0 Å². The normalized spacial score (nSPS) is 10.8. The van der Waals surface area contributed by atoms with Gasteiger partial charge in [-0.2, -0.15) is 5.26 Å². The van der Waals surface area contributed by atoms with Gasteiger partial charge >= 0.3 is 5.97 Å². The molecular formula is C9H6BrNO4S. The topological polar surface area (TPSA) is 95.2 Å². The van der Waals surface area contributed by atoms with Crippen molar-refractivity contribution in [2.24, 2.45) is 0 Å². The first-order valence-electron chi connectivity index (χ1n) is 4.01. The van der Waals surface area contributed by atoms with E-state index in [1.165, 1.54) is 24.3 Å². The number of hydrogen-bond acceptors (Lipinski definition) is 4. The van der Waals surface area contributed by atoms with Gasteiger partial charge in [-0.25, -0.2) is 13.2 Å². The second-order valence-corrected chi connectivity index (χ2v) is 5.74. The Kier molecular flexibility index (Phi) is 3.67. The summed E-state index contributed by atoms with van der Waals surface area (Å²) < 4.78 is 23.6. The molecule has 0 aliphatic rings. The standard InChI is InChI=1S/C9H6BrNO4S/c10-6-1-2-7(9(12)13)8(5-6)16(14,15)4-3-11/h1-2,5H,4H2,(H,12,13). The molecule has 0 amide bonds. The molecule has 7 heteroatoms. The molecule has 0 aliphatic carbocycles. The number of nitriles is 1. The number of hydrogen-bond donors (Lipinski definition) is 1. The smallest absolute Gasteiger partial charge is 0.337 e. The number of carbonyl (C=O) groups is 1. The van der Waals surface area contributed by atoms with E-state index in [0.29, 0.717) is 4.47 Å². The van der Waals surface area contributed by atoms with Gasteiger partial charge in [0.1, 0.15) is 5.75 Å². The van der Waals surface area contributed by atoms with E-state index < -0.39 is 21.6 Å². The van der Waals surface area contributed by atoms with E-state index in [2.05, 4.69) is 15.9 Å². The Morgan fingerprint density at radius 1 is 1.50 bits per heavy atom. The van der Waals surface area contributed by atoms with Crippen LogP contribution >= 0.6 is 15.9 Å². The van der Waals surface area contributed by atoms with Crippen molar-refractivity contribution in [3.05, 3.63) is 28.2 Å². The summed E-state index contributed by atoms with van der Waals surface area (Å²) in [6.45, 7) is 0. The Balaban J connectivity index is 3.49. The lowest BCUT2D eigenvalue weighted by molar-refractivity contribution is 0.0692. The van der Waals surface area contributed by atoms with Gasteiger partial charge in [-0.1, -0.05) is 15.9 Å². The molecule has 1 rings (SSSR count). The largest absolute Gasteiger partial charge is 0.478 e. The summed E-state index contributed by atoms with van der Waals surface area (Å²) in [5, 5.41) is 17.2. The van der Waals surface area contributed by atoms with Gasteiger partial charge in [-0.3, -0.25) is 0 Å². The molecule has 0 aliphatic heterocycles. The van der Waals surface area contributed by atoms with E-state index in [9.17, 15) is 13.2 Å². The van der Waals surface area contributed by atoms with Crippen molar-refractivity contribution >= 4 is 31.7 Å². The number of halogens is 1. The fraction of sp³-hybridized carbons (Fsp3) is 0.111. The van der Waals surface area contributed by atoms with E-state index in [4.69, 9.17) is 10.4 Å². The van der Waals surface area contributed by atoms with E-state index in [1.807, 2.05) is 0 Å². The Hall–Kier alpha value is -1.39. The molecule has 0 atom stereocenters. The minimum atomic E-state index is -3.88. The van der Waals surface area contributed by atoms with Crippen molar-refractivity contribution in [3.63, 3.8) is 0 Å². The van der Waals surface area contributed by atoms with Gasteiger partial charge in [0.2, 0.25) is 0 Å². The quantitative estimate of drug-likeness (QED) is 0.911. The van der Waals surface area contributed by atoms with Crippen molar-refractivity contribution in [1.82, 2.24) is 0 Å². The van der Waals surface area contributed by atoms with E-state index in [0.717, 1.165) is 0 Å². The zero-order chi connectivity index (χ0) is 12.3. The second-order valence-electron chi connectivity index (χ2n) is 2.86. The average Bonchev–Trinajstić information content (AvgIpc) is 2.17. The molecule has 0 radical (unpaired) electrons. The number of nitrogens with zero attached hydrogens (tertiary/aromatic N) is 1. The van der Waals surface area contributed by atoms with Crippen molar-refractivity contribution in [2.45, 2.75) is 4.90 Å². The zero-order valence-corrected chi connectivity index (χ0v) is 10.2. The van der Waals surface area contributed by atoms with Crippen LogP contribution in [0, 0.1) is 11.3 Å². The maximum absolute atomic E-state index is 11.6. The van der Waals surface area contributed by atoms with Gasteiger partial charge in [-0.05, 0) is 18.2 Å². The Morgan fingerprint density at radius 2 is 2.12 bits per heavy atom. The van der Waals surface area contributed by atoms with Crippen LogP contribution < -0.4 is 0 Å². The van der Waals surface area contributed by atoms with Crippen molar-refractivity contribution in [2.75, 3.05) is 5.75 Å². The molecule has 0 aromatic heterocycles. The molecule has 0 unspecified atom stereocenters. The molecule has 0 spiro atoms. The molecule has 0 bridgehead atoms. The molecule has 0 fully saturated rings. The minimum Gasteiger partial charge on any atom is -0.478 e. The predicted molar refractivity (Wildman–Crippen MR) is 58.8 cm³/mol. The Labute approximate surface area is 100 Å². The van der Waals surface area contributed by atoms with Crippen LogP contribution in [0.3, 0.4) is 0 Å². The molecule has 5 nitrogen and oxygen atoms in total. The highest BCUT2D eigenvalue weighted by Crippen LogP contribution is 2.22. The van der Waals surface area contributed by atoms with Crippen LogP contribution in [0.1, 0.15) is 10.4 Å². The highest BCUT2D eigenvalue weighted by molar-refractivity contribution is 9.10. The first-order chi connectivity index (χ1) is 7.38. The number of benzene rings is 1. The third-order valence-electron chi connectivity index (χ3n) is 1.76. The third-order valence-corrected chi connectivity index (χ3v) is 3.77. The number of sulfone groups is 1. The first kappa shape index (κ1) is 12.7. The molecule has 1 N–H and O–H groups in total. The lowest BCUT2D eigenvalue weighted by Crippen LogP contribution is -2.11. The molecule has 0 heterocycles. The molecular weight excluding hydrogens is 298 g/mol. The first-order valence-corrected chi connectivity index (χ1v) is 6.45. The molecule has 0 saturated heterocycles. The third kappa shape index (κ3) is 2.59. The lowest BCUT2D eigenvalue weighted by atomic mass is 10.2. The summed E-state index contributed by atoms with van der Waals surface area (Å²) >= 11 is 3.05. The maximum atomic E-state index is 11.6. The van der Waals surface area contributed by atoms with Gasteiger partial charge in [0, 0.05) is 4.47 Å². The molecule has 1 aromatic carbocycles. The van der Waals surface area contributed by atoms with E-state index in [-0.39, 0.29) is 10.5 Å². The second kappa shape index (κ2) is 4.63. The van der Waals surface area contributed by atoms with Crippen molar-refractivity contribution in [1.29, 1.82) is 5.26 Å². The van der Waals surface area contributed by atoms with Crippen LogP contribution in [0.2, 0.25) is 0 Å². The van der Waals surface area contributed by atoms with Gasteiger partial charge in [-0.15, -0.1) is 0 Å². The number of rotatable bonds is 3. The zero-order valence-electron chi connectivity index (χ0n) is 7.84. The summed E-state index contributed by atoms with van der Waals surface area (Å²) in [6, 6.07) is 5.28. The summed E-state index contributed by atoms with van der Waals surface area (Å²) in [5.74, 6) is -2.09. The fourth-order valence-corrected chi connectivity index (χ4v) is 2.73. The SMILES string of the molecule is N#CCS(=O)(=O)c1cc(Br)ccc1C(=O)O. The molecule has 1 aromatic rings. The summed E-state index contributed by atoms with van der Waals surface area (Å²) in [4.78, 5) is 10.5. The summed E-state index contributed by atoms with van der Waals surface area (Å²) in [6.07, 6.45) is 0. The number of carboxylic acids is 1. The van der Waals surface area contributed by atoms with Crippen LogP contribution in [0.5, 0.6) is 0 Å². The van der Waals surface area contributed by atoms with Gasteiger partial charge in [0.25, 0.3) is 0 Å². The highest BCUT2D eigenvalue weighted by atomic mass is 79.9. The lowest BCUT2D eigenvalue weighted by Gasteiger charge is -2.05. The number of carboxylic acid groups (broad SMARTS) is 1. The maximum Gasteiger partial charge on any atom is 0.337 e. The average molecular weight is 304 g/mol. The number of aromatic carboxylic acids is 1. The van der Waals surface area contributed by atoms with Crippen LogP contribution in [-0.2, 0) is 9.84 Å². The van der Waals surface area contributed by atoms with Gasteiger partial charge in [0.05, 0.1) is 16.5 Å². The van der Waals surface area contributed by atoms with Crippen molar-refractivity contribution < 1.29 is 18.3 Å².